The number of anilines is 1. The molecule has 0 amide bonds. The Bertz CT molecular complexity index is 638. The lowest BCUT2D eigenvalue weighted by molar-refractivity contribution is 0.711. The second-order valence-electron chi connectivity index (χ2n) is 5.30. The minimum Gasteiger partial charge on any atom is -0.373 e. The molecule has 1 aliphatic carbocycles. The summed E-state index contributed by atoms with van der Waals surface area (Å²) >= 11 is 0. The molecule has 0 unspecified atom stereocenters. The van der Waals surface area contributed by atoms with Crippen molar-refractivity contribution in [1.29, 1.82) is 5.26 Å². The fourth-order valence-electron chi connectivity index (χ4n) is 2.51. The van der Waals surface area contributed by atoms with Crippen LogP contribution in [0.2, 0.25) is 0 Å². The zero-order valence-electron chi connectivity index (χ0n) is 11.1. The number of hydrogen-bond acceptors (Lipinski definition) is 3. The monoisotopic (exact) mass is 251 g/mol. The molecule has 2 aromatic rings. The quantitative estimate of drug-likeness (QED) is 0.836. The van der Waals surface area contributed by atoms with E-state index in [1.807, 2.05) is 24.3 Å². The fourth-order valence-corrected chi connectivity index (χ4v) is 2.51. The van der Waals surface area contributed by atoms with Crippen LogP contribution in [0.4, 0.5) is 5.69 Å². The van der Waals surface area contributed by atoms with Gasteiger partial charge in [0.2, 0.25) is 0 Å². The zero-order valence-corrected chi connectivity index (χ0v) is 11.1. The molecular weight excluding hydrogens is 234 g/mol. The lowest BCUT2D eigenvalue weighted by atomic mass is 10.1. The number of aromatic nitrogens is 1. The molecular formula is C16H17N3. The van der Waals surface area contributed by atoms with Crippen molar-refractivity contribution in [1.82, 2.24) is 4.98 Å². The first-order valence-corrected chi connectivity index (χ1v) is 6.78. The first kappa shape index (κ1) is 12.0. The molecule has 1 aliphatic rings. The molecule has 0 spiro atoms. The second kappa shape index (κ2) is 4.89. The molecule has 0 radical (unpaired) electrons. The molecule has 1 aromatic heterocycles. The molecule has 1 fully saturated rings. The van der Waals surface area contributed by atoms with Crippen molar-refractivity contribution in [2.75, 3.05) is 18.5 Å². The molecule has 0 bridgehead atoms. The topological polar surface area (TPSA) is 39.9 Å². The third kappa shape index (κ3) is 2.39. The van der Waals surface area contributed by atoms with Gasteiger partial charge in [0.05, 0.1) is 16.8 Å². The molecule has 0 aliphatic heterocycles. The molecule has 96 valence electrons. The lowest BCUT2D eigenvalue weighted by Gasteiger charge is -2.22. The predicted octanol–water partition coefficient (Wildman–Crippen LogP) is 3.34. The molecule has 0 atom stereocenters. The van der Waals surface area contributed by atoms with Gasteiger partial charge in [-0.05, 0) is 18.4 Å². The minimum atomic E-state index is 0.664. The van der Waals surface area contributed by atoms with Crippen molar-refractivity contribution in [2.24, 2.45) is 5.92 Å². The van der Waals surface area contributed by atoms with Crippen molar-refractivity contribution in [3.63, 3.8) is 0 Å². The van der Waals surface area contributed by atoms with Gasteiger partial charge in [-0.1, -0.05) is 31.0 Å². The summed E-state index contributed by atoms with van der Waals surface area (Å²) in [4.78, 5) is 6.56. The van der Waals surface area contributed by atoms with Crippen LogP contribution in [0, 0.1) is 17.2 Å². The summed E-state index contributed by atoms with van der Waals surface area (Å²) in [6.45, 7) is 1.01. The zero-order chi connectivity index (χ0) is 13.2. The standard InChI is InChI=1S/C16H17N3/c1-19(9-8-12-6-7-12)16-13(10-17)11-18-15-5-3-2-4-14(15)16/h2-5,11-12H,6-9H2,1H3. The van der Waals surface area contributed by atoms with E-state index in [1.165, 1.54) is 19.3 Å². The van der Waals surface area contributed by atoms with Gasteiger partial charge < -0.3 is 4.90 Å². The summed E-state index contributed by atoms with van der Waals surface area (Å²) in [5.74, 6) is 0.904. The van der Waals surface area contributed by atoms with Crippen LogP contribution in [0.3, 0.4) is 0 Å². The number of nitrogens with zero attached hydrogens (tertiary/aromatic N) is 3. The molecule has 1 aromatic carbocycles. The van der Waals surface area contributed by atoms with Crippen LogP contribution in [0.15, 0.2) is 30.5 Å². The smallest absolute Gasteiger partial charge is 0.103 e. The van der Waals surface area contributed by atoms with Gasteiger partial charge in [0.25, 0.3) is 0 Å². The number of benzene rings is 1. The van der Waals surface area contributed by atoms with Crippen LogP contribution >= 0.6 is 0 Å². The predicted molar refractivity (Wildman–Crippen MR) is 77.1 cm³/mol. The summed E-state index contributed by atoms with van der Waals surface area (Å²) < 4.78 is 0. The van der Waals surface area contributed by atoms with E-state index in [4.69, 9.17) is 0 Å². The van der Waals surface area contributed by atoms with Crippen LogP contribution < -0.4 is 4.90 Å². The Labute approximate surface area is 113 Å². The highest BCUT2D eigenvalue weighted by Gasteiger charge is 2.22. The summed E-state index contributed by atoms with van der Waals surface area (Å²) in [6.07, 6.45) is 5.65. The van der Waals surface area contributed by atoms with E-state index in [0.717, 1.165) is 29.1 Å². The lowest BCUT2D eigenvalue weighted by Crippen LogP contribution is -2.20. The largest absolute Gasteiger partial charge is 0.373 e. The van der Waals surface area contributed by atoms with E-state index in [2.05, 4.69) is 23.0 Å². The number of rotatable bonds is 4. The molecule has 1 heterocycles. The first-order chi connectivity index (χ1) is 9.29. The molecule has 3 nitrogen and oxygen atoms in total. The molecule has 3 rings (SSSR count). The van der Waals surface area contributed by atoms with Crippen molar-refractivity contribution < 1.29 is 0 Å². The van der Waals surface area contributed by atoms with Gasteiger partial charge >= 0.3 is 0 Å². The summed E-state index contributed by atoms with van der Waals surface area (Å²) in [5.41, 5.74) is 2.64. The Hall–Kier alpha value is -2.08. The molecule has 3 heteroatoms. The van der Waals surface area contributed by atoms with Gasteiger partial charge in [-0.25, -0.2) is 0 Å². The minimum absolute atomic E-state index is 0.664. The Morgan fingerprint density at radius 1 is 1.37 bits per heavy atom. The Kier molecular flexibility index (Phi) is 3.08. The summed E-state index contributed by atoms with van der Waals surface area (Å²) in [6, 6.07) is 10.3. The second-order valence-corrected chi connectivity index (χ2v) is 5.30. The fraction of sp³-hybridized carbons (Fsp3) is 0.375. The third-order valence-electron chi connectivity index (χ3n) is 3.82. The van der Waals surface area contributed by atoms with Crippen LogP contribution in [0.25, 0.3) is 10.9 Å². The highest BCUT2D eigenvalue weighted by atomic mass is 15.1. The SMILES string of the molecule is CN(CCC1CC1)c1c(C#N)cnc2ccccc12. The molecule has 1 saturated carbocycles. The number of hydrogen-bond donors (Lipinski definition) is 0. The number of pyridine rings is 1. The average molecular weight is 251 g/mol. The maximum Gasteiger partial charge on any atom is 0.103 e. The maximum absolute atomic E-state index is 9.30. The molecule has 0 saturated heterocycles. The van der Waals surface area contributed by atoms with Gasteiger partial charge in [0.15, 0.2) is 0 Å². The van der Waals surface area contributed by atoms with E-state index >= 15 is 0 Å². The normalized spacial score (nSPS) is 14.3. The van der Waals surface area contributed by atoms with Gasteiger partial charge in [-0.15, -0.1) is 0 Å². The average Bonchev–Trinajstić information content (AvgIpc) is 3.27. The Morgan fingerprint density at radius 3 is 2.89 bits per heavy atom. The van der Waals surface area contributed by atoms with Crippen LogP contribution in [0.1, 0.15) is 24.8 Å². The third-order valence-corrected chi connectivity index (χ3v) is 3.82. The number of nitriles is 1. The van der Waals surface area contributed by atoms with E-state index in [0.29, 0.717) is 5.56 Å². The summed E-state index contributed by atoms with van der Waals surface area (Å²) in [5, 5.41) is 10.4. The number of para-hydroxylation sites is 1. The van der Waals surface area contributed by atoms with Crippen molar-refractivity contribution >= 4 is 16.6 Å². The summed E-state index contributed by atoms with van der Waals surface area (Å²) in [7, 11) is 2.07. The number of fused-ring (bicyclic) bond motifs is 1. The van der Waals surface area contributed by atoms with Crippen LogP contribution in [-0.2, 0) is 0 Å². The van der Waals surface area contributed by atoms with Gasteiger partial charge in [0, 0.05) is 25.2 Å². The molecule has 19 heavy (non-hydrogen) atoms. The highest BCUT2D eigenvalue weighted by molar-refractivity contribution is 5.94. The van der Waals surface area contributed by atoms with Gasteiger partial charge in [0.1, 0.15) is 6.07 Å². The van der Waals surface area contributed by atoms with Crippen LogP contribution in [-0.4, -0.2) is 18.6 Å². The first-order valence-electron chi connectivity index (χ1n) is 6.78. The van der Waals surface area contributed by atoms with Crippen molar-refractivity contribution in [3.8, 4) is 6.07 Å². The van der Waals surface area contributed by atoms with Gasteiger partial charge in [-0.2, -0.15) is 5.26 Å². The highest BCUT2D eigenvalue weighted by Crippen LogP contribution is 2.34. The van der Waals surface area contributed by atoms with E-state index < -0.39 is 0 Å². The van der Waals surface area contributed by atoms with E-state index in [1.54, 1.807) is 6.20 Å². The van der Waals surface area contributed by atoms with E-state index in [-0.39, 0.29) is 0 Å². The van der Waals surface area contributed by atoms with Crippen LogP contribution in [0.5, 0.6) is 0 Å². The van der Waals surface area contributed by atoms with Crippen molar-refractivity contribution in [3.05, 3.63) is 36.0 Å². The maximum atomic E-state index is 9.30. The van der Waals surface area contributed by atoms with E-state index in [9.17, 15) is 5.26 Å². The van der Waals surface area contributed by atoms with Gasteiger partial charge in [-0.3, -0.25) is 4.98 Å². The van der Waals surface area contributed by atoms with Crippen molar-refractivity contribution in [2.45, 2.75) is 19.3 Å². The Morgan fingerprint density at radius 2 is 2.16 bits per heavy atom. The molecule has 0 N–H and O–H groups in total. The Balaban J connectivity index is 2.00.